The number of amides is 2. The van der Waals surface area contributed by atoms with Gasteiger partial charge in [0, 0.05) is 13.0 Å². The van der Waals surface area contributed by atoms with Crippen molar-refractivity contribution in [1.82, 2.24) is 9.55 Å². The monoisotopic (exact) mass is 326 g/mol. The van der Waals surface area contributed by atoms with Crippen LogP contribution in [0.2, 0.25) is 0 Å². The molecule has 0 spiro atoms. The number of hydrogen-bond acceptors (Lipinski definition) is 3. The molecule has 1 fully saturated rings. The molecule has 2 amide bonds. The first kappa shape index (κ1) is 16.2. The fraction of sp³-hybridized carbons (Fsp3) is 0.389. The Hall–Kier alpha value is -2.63. The molecule has 0 atom stereocenters. The van der Waals surface area contributed by atoms with Crippen LogP contribution in [0.25, 0.3) is 0 Å². The maximum absolute atomic E-state index is 12.2. The molecule has 126 valence electrons. The zero-order valence-electron chi connectivity index (χ0n) is 13.6. The number of benzene rings is 1. The van der Waals surface area contributed by atoms with Gasteiger partial charge in [-0.3, -0.25) is 9.59 Å². The predicted molar refractivity (Wildman–Crippen MR) is 91.5 cm³/mol. The van der Waals surface area contributed by atoms with Crippen LogP contribution in [0.15, 0.2) is 36.7 Å². The lowest BCUT2D eigenvalue weighted by atomic mass is 10.0. The number of nitrogens with two attached hydrogens (primary N) is 1. The van der Waals surface area contributed by atoms with Gasteiger partial charge < -0.3 is 15.6 Å². The predicted octanol–water partition coefficient (Wildman–Crippen LogP) is 2.55. The highest BCUT2D eigenvalue weighted by atomic mass is 16.2. The molecule has 24 heavy (non-hydrogen) atoms. The Balaban J connectivity index is 1.73. The van der Waals surface area contributed by atoms with Gasteiger partial charge in [-0.25, -0.2) is 4.98 Å². The summed E-state index contributed by atoms with van der Waals surface area (Å²) in [6, 6.07) is 9.72. The van der Waals surface area contributed by atoms with E-state index in [9.17, 15) is 9.59 Å². The van der Waals surface area contributed by atoms with Crippen LogP contribution in [-0.4, -0.2) is 21.4 Å². The van der Waals surface area contributed by atoms with E-state index in [2.05, 4.69) is 10.3 Å². The molecule has 3 rings (SSSR count). The third-order valence-electron chi connectivity index (χ3n) is 4.47. The van der Waals surface area contributed by atoms with Crippen LogP contribution in [0.1, 0.15) is 48.2 Å². The zero-order chi connectivity index (χ0) is 16.9. The Morgan fingerprint density at radius 3 is 2.58 bits per heavy atom. The van der Waals surface area contributed by atoms with Gasteiger partial charge in [0.2, 0.25) is 5.91 Å². The van der Waals surface area contributed by atoms with Crippen LogP contribution in [0.3, 0.4) is 0 Å². The van der Waals surface area contributed by atoms with Crippen LogP contribution in [0.4, 0.5) is 5.82 Å². The van der Waals surface area contributed by atoms with Crippen molar-refractivity contribution in [1.29, 1.82) is 0 Å². The lowest BCUT2D eigenvalue weighted by Crippen LogP contribution is -2.22. The standard InChI is InChI=1S/C18H22N4O2/c19-17(24)16-18(21-15(23)10-13-6-4-5-7-13)20-12-22(16)11-14-8-2-1-3-9-14/h1-3,8-9,12-13H,4-7,10-11H2,(H2,19,24)(H,21,23). The SMILES string of the molecule is NC(=O)c1c(NC(=O)CC2CCCC2)ncn1Cc1ccccc1. The van der Waals surface area contributed by atoms with Crippen molar-refractivity contribution in [2.45, 2.75) is 38.6 Å². The van der Waals surface area contributed by atoms with Crippen molar-refractivity contribution >= 4 is 17.6 Å². The fourth-order valence-electron chi connectivity index (χ4n) is 3.29. The Morgan fingerprint density at radius 2 is 1.92 bits per heavy atom. The van der Waals surface area contributed by atoms with E-state index in [4.69, 9.17) is 5.73 Å². The summed E-state index contributed by atoms with van der Waals surface area (Å²) in [7, 11) is 0. The minimum Gasteiger partial charge on any atom is -0.364 e. The summed E-state index contributed by atoms with van der Waals surface area (Å²) < 4.78 is 1.67. The Morgan fingerprint density at radius 1 is 1.21 bits per heavy atom. The van der Waals surface area contributed by atoms with Crippen LogP contribution < -0.4 is 11.1 Å². The molecule has 1 aliphatic carbocycles. The minimum absolute atomic E-state index is 0.102. The number of carbonyl (C=O) groups excluding carboxylic acids is 2. The minimum atomic E-state index is -0.598. The van der Waals surface area contributed by atoms with E-state index in [0.717, 1.165) is 18.4 Å². The maximum atomic E-state index is 12.2. The molecule has 0 bridgehead atoms. The zero-order valence-corrected chi connectivity index (χ0v) is 13.6. The van der Waals surface area contributed by atoms with Gasteiger partial charge in [-0.2, -0.15) is 0 Å². The average Bonchev–Trinajstić information content (AvgIpc) is 3.18. The number of rotatable bonds is 6. The number of primary amides is 1. The molecular weight excluding hydrogens is 304 g/mol. The second-order valence-corrected chi connectivity index (χ2v) is 6.32. The van der Waals surface area contributed by atoms with Gasteiger partial charge in [-0.1, -0.05) is 43.2 Å². The largest absolute Gasteiger partial charge is 0.364 e. The number of aromatic nitrogens is 2. The number of anilines is 1. The normalized spacial score (nSPS) is 14.7. The van der Waals surface area contributed by atoms with Gasteiger partial charge in [-0.15, -0.1) is 0 Å². The van der Waals surface area contributed by atoms with Gasteiger partial charge in [0.25, 0.3) is 5.91 Å². The van der Waals surface area contributed by atoms with Crippen molar-refractivity contribution in [3.63, 3.8) is 0 Å². The van der Waals surface area contributed by atoms with Gasteiger partial charge in [0.15, 0.2) is 11.5 Å². The van der Waals surface area contributed by atoms with Crippen molar-refractivity contribution in [3.05, 3.63) is 47.9 Å². The molecule has 2 aromatic rings. The summed E-state index contributed by atoms with van der Waals surface area (Å²) in [5, 5.41) is 2.75. The smallest absolute Gasteiger partial charge is 0.269 e. The maximum Gasteiger partial charge on any atom is 0.269 e. The average molecular weight is 326 g/mol. The van der Waals surface area contributed by atoms with Crippen LogP contribution in [0.5, 0.6) is 0 Å². The van der Waals surface area contributed by atoms with Gasteiger partial charge in [-0.05, 0) is 24.3 Å². The highest BCUT2D eigenvalue weighted by molar-refractivity contribution is 6.00. The van der Waals surface area contributed by atoms with E-state index in [0.29, 0.717) is 18.9 Å². The summed E-state index contributed by atoms with van der Waals surface area (Å²) in [6.07, 6.45) is 6.59. The lowest BCUT2D eigenvalue weighted by molar-refractivity contribution is -0.117. The summed E-state index contributed by atoms with van der Waals surface area (Å²) in [5.41, 5.74) is 6.77. The van der Waals surface area contributed by atoms with Crippen molar-refractivity contribution in [2.75, 3.05) is 5.32 Å². The highest BCUT2D eigenvalue weighted by Crippen LogP contribution is 2.28. The summed E-state index contributed by atoms with van der Waals surface area (Å²) in [5.74, 6) is -0.0104. The summed E-state index contributed by atoms with van der Waals surface area (Å²) >= 11 is 0. The number of carbonyl (C=O) groups is 2. The summed E-state index contributed by atoms with van der Waals surface area (Å²) in [6.45, 7) is 0.477. The third kappa shape index (κ3) is 3.82. The molecule has 0 saturated heterocycles. The molecule has 3 N–H and O–H groups in total. The topological polar surface area (TPSA) is 90.0 Å². The van der Waals surface area contributed by atoms with E-state index in [1.54, 1.807) is 4.57 Å². The lowest BCUT2D eigenvalue weighted by Gasteiger charge is -2.10. The molecule has 1 heterocycles. The molecule has 6 nitrogen and oxygen atoms in total. The van der Waals surface area contributed by atoms with E-state index in [1.165, 1.54) is 19.2 Å². The van der Waals surface area contributed by atoms with Crippen molar-refractivity contribution in [2.24, 2.45) is 11.7 Å². The Labute approximate surface area is 141 Å². The second kappa shape index (κ2) is 7.29. The fourth-order valence-corrected chi connectivity index (χ4v) is 3.29. The van der Waals surface area contributed by atoms with Crippen LogP contribution in [0, 0.1) is 5.92 Å². The first-order valence-corrected chi connectivity index (χ1v) is 8.32. The molecule has 0 aliphatic heterocycles. The molecule has 1 saturated carbocycles. The Kier molecular flexibility index (Phi) is 4.93. The first-order valence-electron chi connectivity index (χ1n) is 8.32. The quantitative estimate of drug-likeness (QED) is 0.855. The third-order valence-corrected chi connectivity index (χ3v) is 4.47. The van der Waals surface area contributed by atoms with E-state index < -0.39 is 5.91 Å². The number of imidazole rings is 1. The molecule has 1 aromatic heterocycles. The molecule has 0 radical (unpaired) electrons. The molecule has 1 aromatic carbocycles. The summed E-state index contributed by atoms with van der Waals surface area (Å²) in [4.78, 5) is 28.2. The second-order valence-electron chi connectivity index (χ2n) is 6.32. The number of nitrogens with one attached hydrogen (secondary N) is 1. The number of nitrogens with zero attached hydrogens (tertiary/aromatic N) is 2. The van der Waals surface area contributed by atoms with Crippen LogP contribution in [-0.2, 0) is 11.3 Å². The Bertz CT molecular complexity index is 718. The molecular formula is C18H22N4O2. The van der Waals surface area contributed by atoms with E-state index >= 15 is 0 Å². The van der Waals surface area contributed by atoms with Crippen LogP contribution >= 0.6 is 0 Å². The molecule has 6 heteroatoms. The van der Waals surface area contributed by atoms with Gasteiger partial charge in [0.1, 0.15) is 0 Å². The van der Waals surface area contributed by atoms with E-state index in [-0.39, 0.29) is 17.4 Å². The highest BCUT2D eigenvalue weighted by Gasteiger charge is 2.22. The first-order chi connectivity index (χ1) is 11.6. The number of hydrogen-bond donors (Lipinski definition) is 2. The molecule has 1 aliphatic rings. The van der Waals surface area contributed by atoms with Gasteiger partial charge in [0.05, 0.1) is 6.33 Å². The molecule has 0 unspecified atom stereocenters. The van der Waals surface area contributed by atoms with Crippen molar-refractivity contribution < 1.29 is 9.59 Å². The van der Waals surface area contributed by atoms with Crippen molar-refractivity contribution in [3.8, 4) is 0 Å². The van der Waals surface area contributed by atoms with E-state index in [1.807, 2.05) is 30.3 Å². The van der Waals surface area contributed by atoms with Gasteiger partial charge >= 0.3 is 0 Å².